The van der Waals surface area contributed by atoms with E-state index in [-0.39, 0.29) is 23.7 Å². The summed E-state index contributed by atoms with van der Waals surface area (Å²) in [6.45, 7) is 6.00. The molecule has 0 spiro atoms. The Labute approximate surface area is 152 Å². The Morgan fingerprint density at radius 2 is 1.65 bits per heavy atom. The lowest BCUT2D eigenvalue weighted by Gasteiger charge is -2.11. The highest BCUT2D eigenvalue weighted by Crippen LogP contribution is 2.15. The van der Waals surface area contributed by atoms with Crippen molar-refractivity contribution < 1.29 is 14.4 Å². The normalized spacial score (nSPS) is 9.88. The van der Waals surface area contributed by atoms with Crippen LogP contribution in [-0.2, 0) is 16.1 Å². The van der Waals surface area contributed by atoms with Gasteiger partial charge >= 0.3 is 11.8 Å². The van der Waals surface area contributed by atoms with Gasteiger partial charge in [-0.15, -0.1) is 6.58 Å². The second-order valence-electron chi connectivity index (χ2n) is 5.67. The number of amides is 3. The van der Waals surface area contributed by atoms with Gasteiger partial charge in [0.25, 0.3) is 5.91 Å². The summed E-state index contributed by atoms with van der Waals surface area (Å²) in [5.41, 5.74) is 2.66. The zero-order chi connectivity index (χ0) is 18.9. The molecule has 0 atom stereocenters. The maximum Gasteiger partial charge on any atom is 0.313 e. The Kier molecular flexibility index (Phi) is 6.68. The Morgan fingerprint density at radius 3 is 2.35 bits per heavy atom. The van der Waals surface area contributed by atoms with Crippen molar-refractivity contribution >= 4 is 23.4 Å². The van der Waals surface area contributed by atoms with Crippen LogP contribution >= 0.6 is 0 Å². The number of para-hydroxylation sites is 1. The van der Waals surface area contributed by atoms with Gasteiger partial charge < -0.3 is 16.0 Å². The summed E-state index contributed by atoms with van der Waals surface area (Å²) >= 11 is 0. The predicted molar refractivity (Wildman–Crippen MR) is 101 cm³/mol. The highest BCUT2D eigenvalue weighted by Gasteiger charge is 2.17. The molecule has 0 saturated heterocycles. The van der Waals surface area contributed by atoms with Crippen LogP contribution in [0.1, 0.15) is 21.5 Å². The van der Waals surface area contributed by atoms with Crippen LogP contribution in [0.5, 0.6) is 0 Å². The summed E-state index contributed by atoms with van der Waals surface area (Å²) in [5, 5.41) is 7.65. The first-order valence-corrected chi connectivity index (χ1v) is 8.14. The second-order valence-corrected chi connectivity index (χ2v) is 5.67. The van der Waals surface area contributed by atoms with Crippen molar-refractivity contribution in [2.24, 2.45) is 0 Å². The molecule has 0 heterocycles. The van der Waals surface area contributed by atoms with Crippen molar-refractivity contribution in [2.75, 3.05) is 11.9 Å². The number of hydrogen-bond donors (Lipinski definition) is 3. The van der Waals surface area contributed by atoms with Gasteiger partial charge in [0.15, 0.2) is 0 Å². The fourth-order valence-corrected chi connectivity index (χ4v) is 2.20. The molecule has 0 aliphatic carbocycles. The van der Waals surface area contributed by atoms with Gasteiger partial charge in [-0.1, -0.05) is 48.0 Å². The molecule has 0 aliphatic heterocycles. The molecule has 0 unspecified atom stereocenters. The lowest BCUT2D eigenvalue weighted by molar-refractivity contribution is -0.136. The van der Waals surface area contributed by atoms with Crippen LogP contribution in [0.4, 0.5) is 5.69 Å². The van der Waals surface area contributed by atoms with Crippen molar-refractivity contribution in [1.29, 1.82) is 0 Å². The van der Waals surface area contributed by atoms with Gasteiger partial charge in [-0.05, 0) is 24.6 Å². The van der Waals surface area contributed by atoms with Gasteiger partial charge in [0, 0.05) is 13.1 Å². The van der Waals surface area contributed by atoms with E-state index < -0.39 is 11.8 Å². The molecule has 2 aromatic rings. The molecule has 2 aromatic carbocycles. The van der Waals surface area contributed by atoms with Gasteiger partial charge in [0.2, 0.25) is 0 Å². The minimum Gasteiger partial charge on any atom is -0.348 e. The van der Waals surface area contributed by atoms with Crippen molar-refractivity contribution in [1.82, 2.24) is 10.6 Å². The summed E-state index contributed by atoms with van der Waals surface area (Å²) in [4.78, 5) is 36.0. The van der Waals surface area contributed by atoms with Gasteiger partial charge in [0.1, 0.15) is 0 Å². The van der Waals surface area contributed by atoms with Gasteiger partial charge in [-0.2, -0.15) is 0 Å². The van der Waals surface area contributed by atoms with E-state index in [1.807, 2.05) is 31.2 Å². The Balaban J connectivity index is 2.03. The first-order chi connectivity index (χ1) is 12.5. The number of nitrogens with one attached hydrogen (secondary N) is 3. The average molecular weight is 351 g/mol. The summed E-state index contributed by atoms with van der Waals surface area (Å²) in [5.74, 6) is -1.97. The zero-order valence-corrected chi connectivity index (χ0v) is 14.5. The standard InChI is InChI=1S/C20H21N3O3/c1-3-12-21-19(25)20(26)23-17-7-5-4-6-16(17)18(24)22-13-15-10-8-14(2)9-11-15/h3-11H,1,12-13H2,2H3,(H,21,25)(H,22,24)(H,23,26). The van der Waals surface area contributed by atoms with Crippen LogP contribution in [0.15, 0.2) is 61.2 Å². The number of benzene rings is 2. The van der Waals surface area contributed by atoms with E-state index in [9.17, 15) is 14.4 Å². The SMILES string of the molecule is C=CCNC(=O)C(=O)Nc1ccccc1C(=O)NCc1ccc(C)cc1. The molecule has 0 aromatic heterocycles. The molecular formula is C20H21N3O3. The minimum absolute atomic E-state index is 0.185. The van der Waals surface area contributed by atoms with E-state index in [1.165, 1.54) is 6.08 Å². The maximum atomic E-state index is 12.5. The molecule has 0 radical (unpaired) electrons. The maximum absolute atomic E-state index is 12.5. The molecule has 26 heavy (non-hydrogen) atoms. The molecule has 6 heteroatoms. The lowest BCUT2D eigenvalue weighted by atomic mass is 10.1. The number of carbonyl (C=O) groups excluding carboxylic acids is 3. The third kappa shape index (κ3) is 5.31. The molecule has 0 bridgehead atoms. The van der Waals surface area contributed by atoms with Crippen molar-refractivity contribution in [3.63, 3.8) is 0 Å². The van der Waals surface area contributed by atoms with Gasteiger partial charge in [-0.3, -0.25) is 14.4 Å². The summed E-state index contributed by atoms with van der Waals surface area (Å²) in [6, 6.07) is 14.3. The van der Waals surface area contributed by atoms with E-state index in [4.69, 9.17) is 0 Å². The lowest BCUT2D eigenvalue weighted by Crippen LogP contribution is -2.36. The van der Waals surface area contributed by atoms with Gasteiger partial charge in [-0.25, -0.2) is 0 Å². The molecule has 3 amide bonds. The molecule has 2 rings (SSSR count). The molecule has 0 saturated carbocycles. The number of anilines is 1. The van der Waals surface area contributed by atoms with Gasteiger partial charge in [0.05, 0.1) is 11.3 Å². The Morgan fingerprint density at radius 1 is 0.962 bits per heavy atom. The molecule has 134 valence electrons. The van der Waals surface area contributed by atoms with Crippen LogP contribution in [0, 0.1) is 6.92 Å². The second kappa shape index (κ2) is 9.17. The third-order valence-corrected chi connectivity index (χ3v) is 3.61. The summed E-state index contributed by atoms with van der Waals surface area (Å²) in [6.07, 6.45) is 1.47. The fourth-order valence-electron chi connectivity index (χ4n) is 2.20. The topological polar surface area (TPSA) is 87.3 Å². The molecular weight excluding hydrogens is 330 g/mol. The van der Waals surface area contributed by atoms with Crippen LogP contribution in [0.25, 0.3) is 0 Å². The average Bonchev–Trinajstić information content (AvgIpc) is 2.65. The Bertz CT molecular complexity index is 813. The first-order valence-electron chi connectivity index (χ1n) is 8.14. The number of carbonyl (C=O) groups is 3. The number of aryl methyl sites for hydroxylation is 1. The molecule has 6 nitrogen and oxygen atoms in total. The number of rotatable bonds is 6. The van der Waals surface area contributed by atoms with E-state index in [0.717, 1.165) is 11.1 Å². The van der Waals surface area contributed by atoms with Crippen molar-refractivity contribution in [3.8, 4) is 0 Å². The molecule has 0 fully saturated rings. The van der Waals surface area contributed by atoms with Crippen LogP contribution in [-0.4, -0.2) is 24.3 Å². The summed E-state index contributed by atoms with van der Waals surface area (Å²) in [7, 11) is 0. The largest absolute Gasteiger partial charge is 0.348 e. The zero-order valence-electron chi connectivity index (χ0n) is 14.5. The van der Waals surface area contributed by atoms with Crippen molar-refractivity contribution in [2.45, 2.75) is 13.5 Å². The monoisotopic (exact) mass is 351 g/mol. The number of hydrogen-bond acceptors (Lipinski definition) is 3. The third-order valence-electron chi connectivity index (χ3n) is 3.61. The molecule has 3 N–H and O–H groups in total. The first kappa shape index (κ1) is 18.9. The summed E-state index contributed by atoms with van der Waals surface area (Å²) < 4.78 is 0. The van der Waals surface area contributed by atoms with E-state index in [0.29, 0.717) is 6.54 Å². The highest BCUT2D eigenvalue weighted by atomic mass is 16.2. The fraction of sp³-hybridized carbons (Fsp3) is 0.150. The Hall–Kier alpha value is -3.41. The molecule has 0 aliphatic rings. The van der Waals surface area contributed by atoms with Crippen LogP contribution in [0.2, 0.25) is 0 Å². The minimum atomic E-state index is -0.842. The quantitative estimate of drug-likeness (QED) is 0.551. The van der Waals surface area contributed by atoms with Crippen LogP contribution in [0.3, 0.4) is 0 Å². The van der Waals surface area contributed by atoms with E-state index in [2.05, 4.69) is 22.5 Å². The predicted octanol–water partition coefficient (Wildman–Crippen LogP) is 2.17. The van der Waals surface area contributed by atoms with E-state index >= 15 is 0 Å². The highest BCUT2D eigenvalue weighted by molar-refractivity contribution is 6.40. The van der Waals surface area contributed by atoms with Crippen molar-refractivity contribution in [3.05, 3.63) is 77.9 Å². The smallest absolute Gasteiger partial charge is 0.313 e. The van der Waals surface area contributed by atoms with Crippen LogP contribution < -0.4 is 16.0 Å². The van der Waals surface area contributed by atoms with E-state index in [1.54, 1.807) is 24.3 Å².